The Labute approximate surface area is 131 Å². The largest absolute Gasteiger partial charge is 0.374 e. The molecule has 0 aliphatic rings. The van der Waals surface area contributed by atoms with E-state index in [9.17, 15) is 8.42 Å². The Morgan fingerprint density at radius 2 is 1.95 bits per heavy atom. The highest BCUT2D eigenvalue weighted by atomic mass is 32.2. The van der Waals surface area contributed by atoms with Crippen molar-refractivity contribution in [2.45, 2.75) is 38.0 Å². The van der Waals surface area contributed by atoms with E-state index < -0.39 is 10.0 Å². The summed E-state index contributed by atoms with van der Waals surface area (Å²) >= 11 is 0. The van der Waals surface area contributed by atoms with E-state index in [-0.39, 0.29) is 17.5 Å². The molecule has 120 valence electrons. The molecule has 2 aromatic rings. The van der Waals surface area contributed by atoms with Crippen molar-refractivity contribution in [2.24, 2.45) is 7.05 Å². The zero-order valence-corrected chi connectivity index (χ0v) is 13.8. The van der Waals surface area contributed by atoms with Crippen LogP contribution in [0.4, 0.5) is 0 Å². The second-order valence-corrected chi connectivity index (χ2v) is 7.07. The van der Waals surface area contributed by atoms with Crippen LogP contribution in [0.5, 0.6) is 0 Å². The number of benzene rings is 1. The Bertz CT molecular complexity index is 723. The monoisotopic (exact) mass is 323 g/mol. The molecule has 0 fully saturated rings. The number of ether oxygens (including phenoxy) is 1. The fraction of sp³-hybridized carbons (Fsp3) is 0.400. The summed E-state index contributed by atoms with van der Waals surface area (Å²) < 4.78 is 34.1. The van der Waals surface area contributed by atoms with Gasteiger partial charge in [0.05, 0.1) is 18.9 Å². The van der Waals surface area contributed by atoms with E-state index in [0.29, 0.717) is 6.61 Å². The zero-order chi connectivity index (χ0) is 16.2. The van der Waals surface area contributed by atoms with Gasteiger partial charge in [-0.2, -0.15) is 5.10 Å². The molecule has 0 atom stereocenters. The summed E-state index contributed by atoms with van der Waals surface area (Å²) in [4.78, 5) is 0.158. The summed E-state index contributed by atoms with van der Waals surface area (Å²) in [6.07, 6.45) is 2.92. The lowest BCUT2D eigenvalue weighted by atomic mass is 10.1. The van der Waals surface area contributed by atoms with Crippen LogP contribution in [0.1, 0.15) is 25.0 Å². The normalized spacial score (nSPS) is 12.0. The van der Waals surface area contributed by atoms with E-state index in [1.165, 1.54) is 17.1 Å². The van der Waals surface area contributed by atoms with E-state index in [1.54, 1.807) is 7.05 Å². The summed E-state index contributed by atoms with van der Waals surface area (Å²) in [5.74, 6) is 0. The Morgan fingerprint density at radius 3 is 2.55 bits per heavy atom. The molecule has 0 aliphatic carbocycles. The third-order valence-electron chi connectivity index (χ3n) is 3.13. The van der Waals surface area contributed by atoms with Crippen LogP contribution in [0.25, 0.3) is 0 Å². The standard InChI is InChI=1S/C15H21N3O3S/c1-12(2)21-11-14-7-5-4-6-13(14)8-17-22(19,20)15-9-16-18(3)10-15/h4-7,9-10,12,17H,8,11H2,1-3H3. The molecule has 0 saturated heterocycles. The van der Waals surface area contributed by atoms with Crippen molar-refractivity contribution in [3.8, 4) is 0 Å². The van der Waals surface area contributed by atoms with Gasteiger partial charge in [0.1, 0.15) is 4.90 Å². The third-order valence-corrected chi connectivity index (χ3v) is 4.49. The van der Waals surface area contributed by atoms with Crippen molar-refractivity contribution in [3.63, 3.8) is 0 Å². The van der Waals surface area contributed by atoms with Crippen molar-refractivity contribution in [1.29, 1.82) is 0 Å². The van der Waals surface area contributed by atoms with Gasteiger partial charge in [0.25, 0.3) is 0 Å². The SMILES string of the molecule is CC(C)OCc1ccccc1CNS(=O)(=O)c1cnn(C)c1. The van der Waals surface area contributed by atoms with Crippen molar-refractivity contribution in [2.75, 3.05) is 0 Å². The van der Waals surface area contributed by atoms with Crippen LogP contribution in [0.3, 0.4) is 0 Å². The van der Waals surface area contributed by atoms with E-state index >= 15 is 0 Å². The Kier molecular flexibility index (Phi) is 5.33. The van der Waals surface area contributed by atoms with E-state index in [2.05, 4.69) is 9.82 Å². The summed E-state index contributed by atoms with van der Waals surface area (Å²) in [7, 11) is -1.88. The Morgan fingerprint density at radius 1 is 1.27 bits per heavy atom. The lowest BCUT2D eigenvalue weighted by Gasteiger charge is -2.12. The van der Waals surface area contributed by atoms with Crippen molar-refractivity contribution in [1.82, 2.24) is 14.5 Å². The number of nitrogens with one attached hydrogen (secondary N) is 1. The zero-order valence-electron chi connectivity index (χ0n) is 13.0. The summed E-state index contributed by atoms with van der Waals surface area (Å²) in [6, 6.07) is 7.63. The summed E-state index contributed by atoms with van der Waals surface area (Å²) in [5, 5.41) is 3.88. The second-order valence-electron chi connectivity index (χ2n) is 5.30. The van der Waals surface area contributed by atoms with Crippen LogP contribution in [0.2, 0.25) is 0 Å². The van der Waals surface area contributed by atoms with Crippen molar-refractivity contribution >= 4 is 10.0 Å². The van der Waals surface area contributed by atoms with Crippen LogP contribution in [-0.2, 0) is 35.0 Å². The number of hydrogen-bond donors (Lipinski definition) is 1. The topological polar surface area (TPSA) is 73.2 Å². The van der Waals surface area contributed by atoms with Crippen LogP contribution in [-0.4, -0.2) is 24.3 Å². The quantitative estimate of drug-likeness (QED) is 0.843. The molecule has 22 heavy (non-hydrogen) atoms. The molecule has 2 rings (SSSR count). The highest BCUT2D eigenvalue weighted by Gasteiger charge is 2.16. The maximum absolute atomic E-state index is 12.2. The first-order chi connectivity index (χ1) is 10.4. The molecule has 6 nitrogen and oxygen atoms in total. The molecule has 0 aliphatic heterocycles. The number of nitrogens with zero attached hydrogens (tertiary/aromatic N) is 2. The van der Waals surface area contributed by atoms with Crippen LogP contribution in [0.15, 0.2) is 41.6 Å². The number of rotatable bonds is 7. The predicted octanol–water partition coefficient (Wildman–Crippen LogP) is 1.82. The van der Waals surface area contributed by atoms with E-state index in [4.69, 9.17) is 4.74 Å². The molecule has 0 radical (unpaired) electrons. The molecule has 1 aromatic carbocycles. The first-order valence-electron chi connectivity index (χ1n) is 7.05. The molecular weight excluding hydrogens is 302 g/mol. The molecule has 0 saturated carbocycles. The fourth-order valence-electron chi connectivity index (χ4n) is 1.92. The summed E-state index contributed by atoms with van der Waals surface area (Å²) in [6.45, 7) is 4.61. The average Bonchev–Trinajstić information content (AvgIpc) is 2.91. The highest BCUT2D eigenvalue weighted by molar-refractivity contribution is 7.89. The number of hydrogen-bond acceptors (Lipinski definition) is 4. The molecule has 1 N–H and O–H groups in total. The minimum atomic E-state index is -3.56. The summed E-state index contributed by atoms with van der Waals surface area (Å²) in [5.41, 5.74) is 1.88. The first kappa shape index (κ1) is 16.7. The van der Waals surface area contributed by atoms with Crippen LogP contribution in [0, 0.1) is 0 Å². The van der Waals surface area contributed by atoms with Gasteiger partial charge in [-0.15, -0.1) is 0 Å². The predicted molar refractivity (Wildman–Crippen MR) is 83.6 cm³/mol. The number of aromatic nitrogens is 2. The minimum absolute atomic E-state index is 0.125. The molecule has 1 aromatic heterocycles. The molecule has 0 unspecified atom stereocenters. The molecule has 0 amide bonds. The van der Waals surface area contributed by atoms with Crippen LogP contribution >= 0.6 is 0 Å². The molecule has 0 bridgehead atoms. The molecule has 0 spiro atoms. The van der Waals surface area contributed by atoms with Gasteiger partial charge < -0.3 is 4.74 Å². The van der Waals surface area contributed by atoms with Gasteiger partial charge in [0.2, 0.25) is 10.0 Å². The minimum Gasteiger partial charge on any atom is -0.374 e. The van der Waals surface area contributed by atoms with Gasteiger partial charge in [-0.05, 0) is 25.0 Å². The molecule has 1 heterocycles. The second kappa shape index (κ2) is 7.04. The van der Waals surface area contributed by atoms with Crippen LogP contribution < -0.4 is 4.72 Å². The fourth-order valence-corrected chi connectivity index (χ4v) is 2.91. The average molecular weight is 323 g/mol. The lowest BCUT2D eigenvalue weighted by Crippen LogP contribution is -2.23. The molecular formula is C15H21N3O3S. The van der Waals surface area contributed by atoms with Gasteiger partial charge in [-0.3, -0.25) is 4.68 Å². The van der Waals surface area contributed by atoms with Gasteiger partial charge in [0.15, 0.2) is 0 Å². The van der Waals surface area contributed by atoms with Gasteiger partial charge in [0, 0.05) is 19.8 Å². The third kappa shape index (κ3) is 4.40. The van der Waals surface area contributed by atoms with E-state index in [0.717, 1.165) is 11.1 Å². The maximum atomic E-state index is 12.2. The first-order valence-corrected chi connectivity index (χ1v) is 8.53. The van der Waals surface area contributed by atoms with Crippen molar-refractivity contribution < 1.29 is 13.2 Å². The Hall–Kier alpha value is -1.70. The van der Waals surface area contributed by atoms with Crippen molar-refractivity contribution in [3.05, 3.63) is 47.8 Å². The van der Waals surface area contributed by atoms with Gasteiger partial charge >= 0.3 is 0 Å². The van der Waals surface area contributed by atoms with Gasteiger partial charge in [-0.25, -0.2) is 13.1 Å². The number of aryl methyl sites for hydroxylation is 1. The highest BCUT2D eigenvalue weighted by Crippen LogP contribution is 2.13. The lowest BCUT2D eigenvalue weighted by molar-refractivity contribution is 0.0652. The Balaban J connectivity index is 2.08. The smallest absolute Gasteiger partial charge is 0.243 e. The van der Waals surface area contributed by atoms with Gasteiger partial charge in [-0.1, -0.05) is 24.3 Å². The molecule has 7 heteroatoms. The van der Waals surface area contributed by atoms with E-state index in [1.807, 2.05) is 38.1 Å². The maximum Gasteiger partial charge on any atom is 0.243 e. The number of sulfonamides is 1.